The van der Waals surface area contributed by atoms with E-state index in [1.165, 1.54) is 0 Å². The lowest BCUT2D eigenvalue weighted by Gasteiger charge is -2.10. The van der Waals surface area contributed by atoms with Crippen LogP contribution in [-0.2, 0) is 4.79 Å². The van der Waals surface area contributed by atoms with Gasteiger partial charge in [0.1, 0.15) is 11.4 Å². The monoisotopic (exact) mass is 334 g/mol. The fourth-order valence-corrected chi connectivity index (χ4v) is 2.60. The number of aromatic nitrogens is 2. The summed E-state index contributed by atoms with van der Waals surface area (Å²) in [4.78, 5) is 16.4. The highest BCUT2D eigenvalue weighted by molar-refractivity contribution is 6.25. The Morgan fingerprint density at radius 1 is 1.08 bits per heavy atom. The largest absolute Gasteiger partial charge is 0.397 e. The maximum absolute atomic E-state index is 11.9. The van der Waals surface area contributed by atoms with Crippen LogP contribution in [0.5, 0.6) is 0 Å². The molecule has 0 unspecified atom stereocenters. The zero-order valence-electron chi connectivity index (χ0n) is 13.7. The van der Waals surface area contributed by atoms with Gasteiger partial charge in [0.25, 0.3) is 5.91 Å². The summed E-state index contributed by atoms with van der Waals surface area (Å²) in [5.41, 5.74) is 20.9. The van der Waals surface area contributed by atoms with Gasteiger partial charge in [-0.3, -0.25) is 9.89 Å². The number of hydrogen-bond donors (Lipinski definition) is 4. The number of aliphatic imine (C=N–C) groups is 1. The van der Waals surface area contributed by atoms with Crippen LogP contribution in [-0.4, -0.2) is 21.9 Å². The molecule has 7 heteroatoms. The second-order valence-corrected chi connectivity index (χ2v) is 5.58. The minimum Gasteiger partial charge on any atom is -0.397 e. The average molecular weight is 334 g/mol. The molecule has 0 atom stereocenters. The molecular formula is C18H18N6O. The van der Waals surface area contributed by atoms with Gasteiger partial charge in [-0.05, 0) is 24.1 Å². The lowest BCUT2D eigenvalue weighted by Crippen LogP contribution is -2.29. The number of nitrogens with two attached hydrogens (primary N) is 3. The predicted molar refractivity (Wildman–Crippen MR) is 98.9 cm³/mol. The molecule has 3 rings (SSSR count). The van der Waals surface area contributed by atoms with E-state index in [0.29, 0.717) is 11.3 Å². The summed E-state index contributed by atoms with van der Waals surface area (Å²) in [5.74, 6) is -0.773. The molecule has 0 bridgehead atoms. The molecule has 126 valence electrons. The highest BCUT2D eigenvalue weighted by Gasteiger charge is 2.17. The first-order valence-electron chi connectivity index (χ1n) is 7.61. The molecule has 0 aliphatic carbocycles. The minimum absolute atomic E-state index is 0.00824. The molecule has 1 amide bonds. The lowest BCUT2D eigenvalue weighted by molar-refractivity contribution is -0.114. The Hall–Kier alpha value is -3.61. The van der Waals surface area contributed by atoms with Gasteiger partial charge in [-0.2, -0.15) is 5.10 Å². The fourth-order valence-electron chi connectivity index (χ4n) is 2.60. The average Bonchev–Trinajstić information content (AvgIpc) is 3.07. The van der Waals surface area contributed by atoms with Gasteiger partial charge in [-0.25, -0.2) is 4.99 Å². The number of aryl methyl sites for hydroxylation is 1. The van der Waals surface area contributed by atoms with Crippen molar-refractivity contribution in [1.82, 2.24) is 10.2 Å². The number of amides is 1. The number of H-pyrrole nitrogens is 1. The van der Waals surface area contributed by atoms with Gasteiger partial charge in [-0.1, -0.05) is 36.4 Å². The molecule has 0 aliphatic rings. The van der Waals surface area contributed by atoms with E-state index in [2.05, 4.69) is 15.2 Å². The zero-order valence-corrected chi connectivity index (χ0v) is 13.7. The van der Waals surface area contributed by atoms with Gasteiger partial charge < -0.3 is 17.2 Å². The molecule has 7 N–H and O–H groups in total. The third-order valence-electron chi connectivity index (χ3n) is 3.89. The van der Waals surface area contributed by atoms with Gasteiger partial charge in [0, 0.05) is 5.39 Å². The SMILES string of the molecule is Cc1ccc2[nH]ncc2c1N=C(N)/C(C(N)=O)=C(\N)c1ccccc1. The van der Waals surface area contributed by atoms with Crippen molar-refractivity contribution in [3.8, 4) is 0 Å². The summed E-state index contributed by atoms with van der Waals surface area (Å²) in [5, 5.41) is 7.68. The van der Waals surface area contributed by atoms with Gasteiger partial charge in [0.15, 0.2) is 0 Å². The number of carbonyl (C=O) groups excluding carboxylic acids is 1. The Bertz CT molecular complexity index is 1000. The molecule has 0 saturated carbocycles. The van der Waals surface area contributed by atoms with Crippen LogP contribution < -0.4 is 17.2 Å². The molecule has 0 spiro atoms. The van der Waals surface area contributed by atoms with Crippen LogP contribution in [0.4, 0.5) is 5.69 Å². The van der Waals surface area contributed by atoms with Crippen LogP contribution in [0.1, 0.15) is 11.1 Å². The van der Waals surface area contributed by atoms with Crippen molar-refractivity contribution in [1.29, 1.82) is 0 Å². The number of hydrogen-bond acceptors (Lipinski definition) is 4. The van der Waals surface area contributed by atoms with Crippen LogP contribution in [0.2, 0.25) is 0 Å². The maximum Gasteiger partial charge on any atom is 0.254 e. The maximum atomic E-state index is 11.9. The molecule has 0 radical (unpaired) electrons. The van der Waals surface area contributed by atoms with Gasteiger partial charge >= 0.3 is 0 Å². The third kappa shape index (κ3) is 3.07. The number of primary amides is 1. The molecule has 25 heavy (non-hydrogen) atoms. The van der Waals surface area contributed by atoms with Crippen LogP contribution in [0.3, 0.4) is 0 Å². The number of rotatable bonds is 4. The smallest absolute Gasteiger partial charge is 0.254 e. The van der Waals surface area contributed by atoms with E-state index >= 15 is 0 Å². The van der Waals surface area contributed by atoms with Crippen LogP contribution in [0.25, 0.3) is 16.6 Å². The van der Waals surface area contributed by atoms with E-state index in [4.69, 9.17) is 17.2 Å². The first kappa shape index (κ1) is 16.3. The van der Waals surface area contributed by atoms with Crippen molar-refractivity contribution in [2.24, 2.45) is 22.2 Å². The second-order valence-electron chi connectivity index (χ2n) is 5.58. The summed E-state index contributed by atoms with van der Waals surface area (Å²) in [7, 11) is 0. The van der Waals surface area contributed by atoms with Crippen molar-refractivity contribution in [2.45, 2.75) is 6.92 Å². The summed E-state index contributed by atoms with van der Waals surface area (Å²) >= 11 is 0. The quantitative estimate of drug-likeness (QED) is 0.328. The predicted octanol–water partition coefficient (Wildman–Crippen LogP) is 1.72. The van der Waals surface area contributed by atoms with E-state index in [1.54, 1.807) is 18.3 Å². The van der Waals surface area contributed by atoms with Crippen molar-refractivity contribution < 1.29 is 4.79 Å². The number of nitrogens with zero attached hydrogens (tertiary/aromatic N) is 2. The Morgan fingerprint density at radius 3 is 2.48 bits per heavy atom. The van der Waals surface area contributed by atoms with Crippen molar-refractivity contribution in [2.75, 3.05) is 0 Å². The topological polar surface area (TPSA) is 136 Å². The van der Waals surface area contributed by atoms with Gasteiger partial charge in [0.05, 0.1) is 23.1 Å². The number of carbonyl (C=O) groups is 1. The van der Waals surface area contributed by atoms with Gasteiger partial charge in [-0.15, -0.1) is 0 Å². The van der Waals surface area contributed by atoms with Crippen LogP contribution in [0.15, 0.2) is 59.2 Å². The zero-order chi connectivity index (χ0) is 18.0. The van der Waals surface area contributed by atoms with Crippen molar-refractivity contribution in [3.05, 3.63) is 65.4 Å². The Kier molecular flexibility index (Phi) is 4.21. The minimum atomic E-state index is -0.736. The first-order valence-corrected chi connectivity index (χ1v) is 7.61. The number of benzene rings is 2. The second kappa shape index (κ2) is 6.48. The normalized spacial score (nSPS) is 12.9. The number of nitrogens with one attached hydrogen (secondary N) is 1. The summed E-state index contributed by atoms with van der Waals surface area (Å²) in [6.07, 6.45) is 1.66. The van der Waals surface area contributed by atoms with E-state index in [9.17, 15) is 4.79 Å². The van der Waals surface area contributed by atoms with E-state index in [1.807, 2.05) is 37.3 Å². The standard InChI is InChI=1S/C18H18N6O/c1-10-7-8-13-12(9-22-24-13)16(10)23-17(20)14(18(21)25)15(19)11-5-3-2-4-6-11/h2-9H,19H2,1H3,(H2,20,23)(H2,21,25)(H,22,24)/b15-14+. The van der Waals surface area contributed by atoms with Crippen LogP contribution >= 0.6 is 0 Å². The van der Waals surface area contributed by atoms with E-state index < -0.39 is 5.91 Å². The molecule has 0 fully saturated rings. The molecular weight excluding hydrogens is 316 g/mol. The Balaban J connectivity index is 2.17. The van der Waals surface area contributed by atoms with Crippen molar-refractivity contribution in [3.63, 3.8) is 0 Å². The summed E-state index contributed by atoms with van der Waals surface area (Å²) in [6, 6.07) is 12.8. The number of fused-ring (bicyclic) bond motifs is 1. The number of amidine groups is 1. The Labute approximate surface area is 144 Å². The van der Waals surface area contributed by atoms with E-state index in [-0.39, 0.29) is 17.1 Å². The highest BCUT2D eigenvalue weighted by Crippen LogP contribution is 2.29. The molecule has 1 heterocycles. The molecule has 2 aromatic carbocycles. The fraction of sp³-hybridized carbons (Fsp3) is 0.0556. The molecule has 0 aliphatic heterocycles. The Morgan fingerprint density at radius 2 is 1.80 bits per heavy atom. The summed E-state index contributed by atoms with van der Waals surface area (Å²) in [6.45, 7) is 1.90. The van der Waals surface area contributed by atoms with E-state index in [0.717, 1.165) is 16.5 Å². The van der Waals surface area contributed by atoms with Gasteiger partial charge in [0.2, 0.25) is 0 Å². The first-order chi connectivity index (χ1) is 12.0. The summed E-state index contributed by atoms with van der Waals surface area (Å²) < 4.78 is 0. The lowest BCUT2D eigenvalue weighted by atomic mass is 10.1. The number of aromatic amines is 1. The molecule has 1 aromatic heterocycles. The molecule has 0 saturated heterocycles. The third-order valence-corrected chi connectivity index (χ3v) is 3.89. The molecule has 3 aromatic rings. The van der Waals surface area contributed by atoms with Crippen molar-refractivity contribution >= 4 is 34.0 Å². The molecule has 7 nitrogen and oxygen atoms in total. The highest BCUT2D eigenvalue weighted by atomic mass is 16.1. The van der Waals surface area contributed by atoms with Crippen LogP contribution in [0, 0.1) is 6.92 Å².